The van der Waals surface area contributed by atoms with Crippen molar-refractivity contribution in [3.05, 3.63) is 29.3 Å². The van der Waals surface area contributed by atoms with E-state index in [0.29, 0.717) is 5.69 Å². The average molecular weight is 166 g/mol. The fourth-order valence-corrected chi connectivity index (χ4v) is 0.949. The zero-order valence-electron chi connectivity index (χ0n) is 6.66. The van der Waals surface area contributed by atoms with Crippen molar-refractivity contribution in [3.8, 4) is 0 Å². The summed E-state index contributed by atoms with van der Waals surface area (Å²) in [5.74, 6) is -0.590. The molecule has 1 rings (SSSR count). The number of carbonyl (C=O) groups is 1. The Kier molecular flexibility index (Phi) is 2.30. The van der Waals surface area contributed by atoms with Crippen LogP contribution in [-0.4, -0.2) is 11.1 Å². The van der Waals surface area contributed by atoms with Gasteiger partial charge in [0.2, 0.25) is 0 Å². The number of nitrogen functional groups attached to an aromatic ring is 1. The van der Waals surface area contributed by atoms with E-state index >= 15 is 0 Å². The maximum atomic E-state index is 10.9. The van der Waals surface area contributed by atoms with Gasteiger partial charge in [0.15, 0.2) is 0 Å². The van der Waals surface area contributed by atoms with Gasteiger partial charge in [-0.1, -0.05) is 6.07 Å². The second-order valence-electron chi connectivity index (χ2n) is 2.53. The number of nitrogens with one attached hydrogen (secondary N) is 1. The third-order valence-electron chi connectivity index (χ3n) is 1.55. The standard InChI is InChI=1S/C8H10N2O2/c1-5-2-3-6(7(9)4-5)8(11)10-12/h2-4,12H,9H2,1H3,(H,10,11). The van der Waals surface area contributed by atoms with Gasteiger partial charge in [0.25, 0.3) is 5.91 Å². The minimum absolute atomic E-state index is 0.281. The van der Waals surface area contributed by atoms with Gasteiger partial charge in [-0.05, 0) is 24.6 Å². The maximum Gasteiger partial charge on any atom is 0.276 e. The predicted molar refractivity (Wildman–Crippen MR) is 44.8 cm³/mol. The van der Waals surface area contributed by atoms with E-state index in [1.165, 1.54) is 5.48 Å². The molecule has 4 N–H and O–H groups in total. The third kappa shape index (κ3) is 1.54. The summed E-state index contributed by atoms with van der Waals surface area (Å²) in [5.41, 5.74) is 8.67. The van der Waals surface area contributed by atoms with Crippen molar-refractivity contribution in [2.45, 2.75) is 6.92 Å². The van der Waals surface area contributed by atoms with Crippen molar-refractivity contribution in [2.75, 3.05) is 5.73 Å². The van der Waals surface area contributed by atoms with Crippen molar-refractivity contribution in [3.63, 3.8) is 0 Å². The lowest BCUT2D eigenvalue weighted by molar-refractivity contribution is 0.0707. The molecule has 0 saturated heterocycles. The lowest BCUT2D eigenvalue weighted by atomic mass is 10.1. The molecule has 0 spiro atoms. The first-order chi connectivity index (χ1) is 5.65. The fourth-order valence-electron chi connectivity index (χ4n) is 0.949. The Labute approximate surface area is 70.0 Å². The summed E-state index contributed by atoms with van der Waals surface area (Å²) in [6.45, 7) is 1.87. The zero-order chi connectivity index (χ0) is 9.14. The monoisotopic (exact) mass is 166 g/mol. The first kappa shape index (κ1) is 8.55. The summed E-state index contributed by atoms with van der Waals surface area (Å²) in [4.78, 5) is 10.9. The molecule has 0 aliphatic carbocycles. The molecular formula is C8H10N2O2. The van der Waals surface area contributed by atoms with E-state index in [2.05, 4.69) is 0 Å². The van der Waals surface area contributed by atoms with Crippen LogP contribution in [0.5, 0.6) is 0 Å². The van der Waals surface area contributed by atoms with Crippen LogP contribution in [0.15, 0.2) is 18.2 Å². The highest BCUT2D eigenvalue weighted by Gasteiger charge is 2.07. The van der Waals surface area contributed by atoms with Crippen LogP contribution in [0, 0.1) is 6.92 Å². The van der Waals surface area contributed by atoms with Crippen LogP contribution < -0.4 is 11.2 Å². The van der Waals surface area contributed by atoms with Crippen LogP contribution in [0.4, 0.5) is 5.69 Å². The van der Waals surface area contributed by atoms with Crippen LogP contribution in [0.2, 0.25) is 0 Å². The van der Waals surface area contributed by atoms with Gasteiger partial charge in [0.1, 0.15) is 0 Å². The minimum Gasteiger partial charge on any atom is -0.398 e. The molecule has 0 aromatic heterocycles. The van der Waals surface area contributed by atoms with Gasteiger partial charge in [-0.15, -0.1) is 0 Å². The molecule has 0 heterocycles. The molecule has 0 fully saturated rings. The fraction of sp³-hybridized carbons (Fsp3) is 0.125. The Morgan fingerprint density at radius 2 is 2.25 bits per heavy atom. The lowest BCUT2D eigenvalue weighted by Gasteiger charge is -2.03. The van der Waals surface area contributed by atoms with E-state index < -0.39 is 5.91 Å². The molecule has 0 aliphatic heterocycles. The van der Waals surface area contributed by atoms with E-state index in [1.807, 2.05) is 6.92 Å². The normalized spacial score (nSPS) is 9.50. The molecule has 0 radical (unpaired) electrons. The van der Waals surface area contributed by atoms with Gasteiger partial charge < -0.3 is 5.73 Å². The number of hydrogen-bond acceptors (Lipinski definition) is 3. The number of nitrogens with two attached hydrogens (primary N) is 1. The molecule has 12 heavy (non-hydrogen) atoms. The molecule has 64 valence electrons. The van der Waals surface area contributed by atoms with Gasteiger partial charge in [0, 0.05) is 5.69 Å². The maximum absolute atomic E-state index is 10.9. The Bertz CT molecular complexity index is 310. The van der Waals surface area contributed by atoms with Crippen LogP contribution >= 0.6 is 0 Å². The molecule has 0 unspecified atom stereocenters. The number of rotatable bonds is 1. The van der Waals surface area contributed by atoms with Crippen molar-refractivity contribution in [2.24, 2.45) is 0 Å². The van der Waals surface area contributed by atoms with Gasteiger partial charge in [-0.3, -0.25) is 10.0 Å². The van der Waals surface area contributed by atoms with Crippen molar-refractivity contribution in [1.29, 1.82) is 0 Å². The summed E-state index contributed by atoms with van der Waals surface area (Å²) in [6.07, 6.45) is 0. The van der Waals surface area contributed by atoms with E-state index in [1.54, 1.807) is 18.2 Å². The van der Waals surface area contributed by atoms with Crippen molar-refractivity contribution in [1.82, 2.24) is 5.48 Å². The van der Waals surface area contributed by atoms with E-state index in [9.17, 15) is 4.79 Å². The Balaban J connectivity index is 3.09. The highest BCUT2D eigenvalue weighted by atomic mass is 16.5. The summed E-state index contributed by atoms with van der Waals surface area (Å²) in [5, 5.41) is 8.33. The Hall–Kier alpha value is -1.55. The number of amides is 1. The average Bonchev–Trinajstić information content (AvgIpc) is 2.03. The predicted octanol–water partition coefficient (Wildman–Crippen LogP) is 0.696. The van der Waals surface area contributed by atoms with Crippen LogP contribution in [-0.2, 0) is 0 Å². The topological polar surface area (TPSA) is 75.3 Å². The van der Waals surface area contributed by atoms with Crippen molar-refractivity contribution < 1.29 is 10.0 Å². The second kappa shape index (κ2) is 3.23. The highest BCUT2D eigenvalue weighted by Crippen LogP contribution is 2.12. The number of anilines is 1. The Morgan fingerprint density at radius 3 is 2.75 bits per heavy atom. The molecule has 1 amide bonds. The van der Waals surface area contributed by atoms with Crippen LogP contribution in [0.1, 0.15) is 15.9 Å². The number of hydroxylamine groups is 1. The third-order valence-corrected chi connectivity index (χ3v) is 1.55. The second-order valence-corrected chi connectivity index (χ2v) is 2.53. The number of hydrogen-bond donors (Lipinski definition) is 3. The van der Waals surface area contributed by atoms with Crippen LogP contribution in [0.25, 0.3) is 0 Å². The smallest absolute Gasteiger partial charge is 0.276 e. The largest absolute Gasteiger partial charge is 0.398 e. The highest BCUT2D eigenvalue weighted by molar-refractivity contribution is 5.98. The molecule has 4 nitrogen and oxygen atoms in total. The molecule has 0 bridgehead atoms. The Morgan fingerprint density at radius 1 is 1.58 bits per heavy atom. The lowest BCUT2D eigenvalue weighted by Crippen LogP contribution is -2.19. The van der Waals surface area contributed by atoms with E-state index in [-0.39, 0.29) is 5.56 Å². The SMILES string of the molecule is Cc1ccc(C(=O)NO)c(N)c1. The van der Waals surface area contributed by atoms with E-state index in [4.69, 9.17) is 10.9 Å². The van der Waals surface area contributed by atoms with Crippen LogP contribution in [0.3, 0.4) is 0 Å². The van der Waals surface area contributed by atoms with Gasteiger partial charge in [0.05, 0.1) is 5.56 Å². The van der Waals surface area contributed by atoms with E-state index in [0.717, 1.165) is 5.56 Å². The molecule has 0 atom stereocenters. The summed E-state index contributed by atoms with van der Waals surface area (Å²) in [6, 6.07) is 4.99. The summed E-state index contributed by atoms with van der Waals surface area (Å²) in [7, 11) is 0. The molecular weight excluding hydrogens is 156 g/mol. The zero-order valence-corrected chi connectivity index (χ0v) is 6.66. The summed E-state index contributed by atoms with van der Waals surface area (Å²) >= 11 is 0. The number of benzene rings is 1. The van der Waals surface area contributed by atoms with Gasteiger partial charge >= 0.3 is 0 Å². The molecule has 0 aliphatic rings. The summed E-state index contributed by atoms with van der Waals surface area (Å²) < 4.78 is 0. The van der Waals surface area contributed by atoms with Gasteiger partial charge in [-0.25, -0.2) is 5.48 Å². The molecule has 1 aromatic rings. The molecule has 0 saturated carbocycles. The van der Waals surface area contributed by atoms with Gasteiger partial charge in [-0.2, -0.15) is 0 Å². The number of aryl methyl sites for hydroxylation is 1. The molecule has 4 heteroatoms. The first-order valence-corrected chi connectivity index (χ1v) is 3.45. The minimum atomic E-state index is -0.590. The molecule has 1 aromatic carbocycles. The quantitative estimate of drug-likeness (QED) is 0.326. The first-order valence-electron chi connectivity index (χ1n) is 3.45. The number of carbonyl (C=O) groups excluding carboxylic acids is 1. The van der Waals surface area contributed by atoms with Crippen molar-refractivity contribution >= 4 is 11.6 Å².